The van der Waals surface area contributed by atoms with Gasteiger partial charge in [-0.25, -0.2) is 13.2 Å². The molecule has 24 heavy (non-hydrogen) atoms. The number of carbonyl (C=O) groups is 1. The summed E-state index contributed by atoms with van der Waals surface area (Å²) in [6, 6.07) is 0. The first-order valence-corrected chi connectivity index (χ1v) is 7.83. The highest BCUT2D eigenvalue weighted by Crippen LogP contribution is 2.68. The molecule has 0 saturated heterocycles. The number of rotatable bonds is 4. The van der Waals surface area contributed by atoms with E-state index >= 15 is 0 Å². The molecular formula is C19H21F3O2. The molecule has 0 spiro atoms. The normalized spacial score (nSPS) is 18.1. The maximum Gasteiger partial charge on any atom is 0.310 e. The van der Waals surface area contributed by atoms with Crippen molar-refractivity contribution in [1.29, 1.82) is 0 Å². The number of benzene rings is 1. The van der Waals surface area contributed by atoms with Gasteiger partial charge in [0.05, 0.1) is 11.5 Å². The minimum absolute atomic E-state index is 0.0658. The fourth-order valence-corrected chi connectivity index (χ4v) is 3.41. The van der Waals surface area contributed by atoms with Crippen LogP contribution in [0.25, 0.3) is 0 Å². The molecule has 0 unspecified atom stereocenters. The van der Waals surface area contributed by atoms with Crippen LogP contribution in [-0.4, -0.2) is 5.97 Å². The smallest absolute Gasteiger partial charge is 0.310 e. The van der Waals surface area contributed by atoms with E-state index in [-0.39, 0.29) is 34.3 Å². The van der Waals surface area contributed by atoms with E-state index in [1.165, 1.54) is 0 Å². The zero-order chi connectivity index (χ0) is 18.4. The average Bonchev–Trinajstić information content (AvgIpc) is 2.91. The molecule has 1 aliphatic carbocycles. The zero-order valence-electron chi connectivity index (χ0n) is 14.5. The van der Waals surface area contributed by atoms with E-state index in [9.17, 15) is 18.0 Å². The average molecular weight is 338 g/mol. The first-order chi connectivity index (χ1) is 11.0. The van der Waals surface area contributed by atoms with Gasteiger partial charge >= 0.3 is 5.97 Å². The van der Waals surface area contributed by atoms with Gasteiger partial charge in [-0.1, -0.05) is 40.5 Å². The van der Waals surface area contributed by atoms with E-state index in [0.717, 1.165) is 0 Å². The molecule has 0 aliphatic heterocycles. The number of halogens is 3. The largest absolute Gasteiger partial charge is 0.460 e. The highest BCUT2D eigenvalue weighted by Gasteiger charge is 2.69. The molecule has 1 saturated carbocycles. The first-order valence-electron chi connectivity index (χ1n) is 7.83. The Labute approximate surface area is 140 Å². The number of ether oxygens (including phenoxy) is 1. The van der Waals surface area contributed by atoms with Crippen LogP contribution in [0.2, 0.25) is 0 Å². The second-order valence-electron chi connectivity index (χ2n) is 7.26. The van der Waals surface area contributed by atoms with Crippen molar-refractivity contribution in [2.75, 3.05) is 0 Å². The highest BCUT2D eigenvalue weighted by molar-refractivity contribution is 5.78. The van der Waals surface area contributed by atoms with Gasteiger partial charge in [0, 0.05) is 5.56 Å². The Kier molecular flexibility index (Phi) is 4.47. The standard InChI is InChI=1S/C19H21F3O2/c1-7-10-12(15(22)14(21)11(8-2)13(10)20)9-24-17(23)16-18(3,4)19(16,5)6/h2,16H,7,9H2,1,3-6H3. The van der Waals surface area contributed by atoms with Crippen molar-refractivity contribution in [3.05, 3.63) is 34.1 Å². The van der Waals surface area contributed by atoms with Gasteiger partial charge in [0.2, 0.25) is 0 Å². The molecule has 1 fully saturated rings. The van der Waals surface area contributed by atoms with Gasteiger partial charge in [-0.05, 0) is 22.8 Å². The highest BCUT2D eigenvalue weighted by atomic mass is 19.2. The van der Waals surface area contributed by atoms with E-state index in [0.29, 0.717) is 0 Å². The van der Waals surface area contributed by atoms with Crippen molar-refractivity contribution in [3.63, 3.8) is 0 Å². The summed E-state index contributed by atoms with van der Waals surface area (Å²) in [6.07, 6.45) is 5.14. The molecule has 2 rings (SSSR count). The Morgan fingerprint density at radius 3 is 2.04 bits per heavy atom. The zero-order valence-corrected chi connectivity index (χ0v) is 14.5. The quantitative estimate of drug-likeness (QED) is 0.463. The van der Waals surface area contributed by atoms with Crippen LogP contribution >= 0.6 is 0 Å². The minimum atomic E-state index is -1.43. The third kappa shape index (κ3) is 2.49. The summed E-state index contributed by atoms with van der Waals surface area (Å²) < 4.78 is 47.5. The molecule has 2 nitrogen and oxygen atoms in total. The molecule has 0 aromatic heterocycles. The Bertz CT molecular complexity index is 728. The van der Waals surface area contributed by atoms with Gasteiger partial charge in [0.1, 0.15) is 12.4 Å². The van der Waals surface area contributed by atoms with E-state index in [4.69, 9.17) is 11.2 Å². The number of esters is 1. The lowest BCUT2D eigenvalue weighted by Gasteiger charge is -2.14. The van der Waals surface area contributed by atoms with Crippen LogP contribution in [0.4, 0.5) is 13.2 Å². The third-order valence-electron chi connectivity index (χ3n) is 5.64. The van der Waals surface area contributed by atoms with Crippen LogP contribution in [0.3, 0.4) is 0 Å². The summed E-state index contributed by atoms with van der Waals surface area (Å²) in [5, 5.41) is 0. The summed E-state index contributed by atoms with van der Waals surface area (Å²) in [4.78, 5) is 12.2. The van der Waals surface area contributed by atoms with Crippen LogP contribution in [0, 0.1) is 46.5 Å². The lowest BCUT2D eigenvalue weighted by atomic mass is 10.00. The predicted octanol–water partition coefficient (Wildman–Crippen LogP) is 4.37. The fourth-order valence-electron chi connectivity index (χ4n) is 3.41. The predicted molar refractivity (Wildman–Crippen MR) is 84.5 cm³/mol. The van der Waals surface area contributed by atoms with E-state index in [1.807, 2.05) is 33.6 Å². The molecule has 0 bridgehead atoms. The lowest BCUT2D eigenvalue weighted by molar-refractivity contribution is -0.148. The van der Waals surface area contributed by atoms with Crippen LogP contribution in [0.1, 0.15) is 51.3 Å². The number of terminal acetylenes is 1. The SMILES string of the molecule is C#Cc1c(F)c(F)c(COC(=O)C2C(C)(C)C2(C)C)c(CC)c1F. The van der Waals surface area contributed by atoms with Crippen molar-refractivity contribution in [1.82, 2.24) is 0 Å². The van der Waals surface area contributed by atoms with Crippen molar-refractivity contribution in [2.45, 2.75) is 47.6 Å². The minimum Gasteiger partial charge on any atom is -0.460 e. The first kappa shape index (κ1) is 18.4. The van der Waals surface area contributed by atoms with Gasteiger partial charge in [0.15, 0.2) is 11.6 Å². The molecule has 1 aromatic carbocycles. The lowest BCUT2D eigenvalue weighted by Crippen LogP contribution is -2.15. The molecule has 0 atom stereocenters. The summed E-state index contributed by atoms with van der Waals surface area (Å²) in [5.74, 6) is -2.67. The molecule has 1 aliphatic rings. The Morgan fingerprint density at radius 1 is 1.08 bits per heavy atom. The topological polar surface area (TPSA) is 26.3 Å². The van der Waals surface area contributed by atoms with E-state index < -0.39 is 35.6 Å². The van der Waals surface area contributed by atoms with Gasteiger partial charge in [0.25, 0.3) is 0 Å². The summed E-state index contributed by atoms with van der Waals surface area (Å²) in [5.41, 5.74) is -1.57. The molecular weight excluding hydrogens is 317 g/mol. The molecule has 1 aromatic rings. The van der Waals surface area contributed by atoms with Crippen molar-refractivity contribution >= 4 is 5.97 Å². The second kappa shape index (κ2) is 5.84. The van der Waals surface area contributed by atoms with Crippen LogP contribution < -0.4 is 0 Å². The summed E-state index contributed by atoms with van der Waals surface area (Å²) in [7, 11) is 0. The number of carbonyl (C=O) groups excluding carboxylic acids is 1. The van der Waals surface area contributed by atoms with Gasteiger partial charge in [-0.3, -0.25) is 4.79 Å². The molecule has 130 valence electrons. The Morgan fingerprint density at radius 2 is 1.62 bits per heavy atom. The van der Waals surface area contributed by atoms with Gasteiger partial charge in [-0.2, -0.15) is 0 Å². The Hall–Kier alpha value is -1.96. The van der Waals surface area contributed by atoms with Crippen molar-refractivity contribution < 1.29 is 22.7 Å². The number of hydrogen-bond acceptors (Lipinski definition) is 2. The van der Waals surface area contributed by atoms with E-state index in [2.05, 4.69) is 0 Å². The monoisotopic (exact) mass is 338 g/mol. The molecule has 0 amide bonds. The van der Waals surface area contributed by atoms with Crippen LogP contribution in [0.5, 0.6) is 0 Å². The molecule has 0 radical (unpaired) electrons. The van der Waals surface area contributed by atoms with Crippen molar-refractivity contribution in [2.24, 2.45) is 16.7 Å². The fraction of sp³-hybridized carbons (Fsp3) is 0.526. The molecule has 0 N–H and O–H groups in total. The van der Waals surface area contributed by atoms with Crippen LogP contribution in [0.15, 0.2) is 0 Å². The van der Waals surface area contributed by atoms with Crippen LogP contribution in [-0.2, 0) is 22.6 Å². The summed E-state index contributed by atoms with van der Waals surface area (Å²) >= 11 is 0. The second-order valence-corrected chi connectivity index (χ2v) is 7.26. The Balaban J connectivity index is 2.29. The van der Waals surface area contributed by atoms with Gasteiger partial charge in [-0.15, -0.1) is 6.42 Å². The maximum atomic E-state index is 14.2. The third-order valence-corrected chi connectivity index (χ3v) is 5.64. The van der Waals surface area contributed by atoms with Gasteiger partial charge < -0.3 is 4.74 Å². The van der Waals surface area contributed by atoms with Crippen molar-refractivity contribution in [3.8, 4) is 12.3 Å². The molecule has 5 heteroatoms. The molecule has 0 heterocycles. The maximum absolute atomic E-state index is 14.2. The van der Waals surface area contributed by atoms with E-state index in [1.54, 1.807) is 6.92 Å². The summed E-state index contributed by atoms with van der Waals surface area (Å²) in [6.45, 7) is 8.84. The number of hydrogen-bond donors (Lipinski definition) is 0.